The fourth-order valence-corrected chi connectivity index (χ4v) is 3.38. The molecule has 0 bridgehead atoms. The van der Waals surface area contributed by atoms with Crippen LogP contribution >= 0.6 is 11.3 Å². The minimum absolute atomic E-state index is 0.105. The first-order chi connectivity index (χ1) is 13.9. The molecule has 150 valence electrons. The van der Waals surface area contributed by atoms with Crippen molar-refractivity contribution in [2.45, 2.75) is 12.8 Å². The van der Waals surface area contributed by atoms with Gasteiger partial charge in [-0.1, -0.05) is 6.07 Å². The van der Waals surface area contributed by atoms with Crippen LogP contribution in [0.2, 0.25) is 0 Å². The molecule has 0 radical (unpaired) electrons. The van der Waals surface area contributed by atoms with E-state index in [0.29, 0.717) is 5.01 Å². The second-order valence-electron chi connectivity index (χ2n) is 5.95. The third-order valence-corrected chi connectivity index (χ3v) is 4.74. The van der Waals surface area contributed by atoms with Gasteiger partial charge in [0.1, 0.15) is 22.4 Å². The molecule has 1 heterocycles. The Bertz CT molecular complexity index is 1070. The van der Waals surface area contributed by atoms with Gasteiger partial charge in [0.05, 0.1) is 13.5 Å². The topological polar surface area (TPSA) is 85.7 Å². The average Bonchev–Trinajstić information content (AvgIpc) is 3.13. The number of carbonyl (C=O) groups excluding carboxylic acids is 1. The highest BCUT2D eigenvalue weighted by Gasteiger charge is 2.18. The monoisotopic (exact) mass is 419 g/mol. The average molecular weight is 419 g/mol. The van der Waals surface area contributed by atoms with Crippen LogP contribution in [-0.4, -0.2) is 29.0 Å². The van der Waals surface area contributed by atoms with Crippen LogP contribution in [0.5, 0.6) is 17.2 Å². The van der Waals surface area contributed by atoms with E-state index in [2.05, 4.69) is 4.98 Å². The summed E-state index contributed by atoms with van der Waals surface area (Å²) in [5, 5.41) is 10.6. The highest BCUT2D eigenvalue weighted by molar-refractivity contribution is 7.09. The Morgan fingerprint density at radius 2 is 1.93 bits per heavy atom. The Balaban J connectivity index is 1.82. The van der Waals surface area contributed by atoms with Crippen LogP contribution in [0.25, 0.3) is 0 Å². The van der Waals surface area contributed by atoms with Gasteiger partial charge in [-0.2, -0.15) is 0 Å². The number of methoxy groups -OCH3 is 1. The summed E-state index contributed by atoms with van der Waals surface area (Å²) in [6, 6.07) is 7.72. The maximum atomic E-state index is 14.2. The van der Waals surface area contributed by atoms with Gasteiger partial charge >= 0.3 is 5.97 Å². The lowest BCUT2D eigenvalue weighted by Gasteiger charge is -2.14. The van der Waals surface area contributed by atoms with Crippen molar-refractivity contribution >= 4 is 23.1 Å². The highest BCUT2D eigenvalue weighted by Crippen LogP contribution is 2.35. The predicted molar refractivity (Wildman–Crippen MR) is 101 cm³/mol. The molecule has 0 atom stereocenters. The maximum absolute atomic E-state index is 14.2. The molecule has 0 aliphatic heterocycles. The van der Waals surface area contributed by atoms with Crippen LogP contribution in [0, 0.1) is 11.6 Å². The molecule has 3 aromatic rings. The van der Waals surface area contributed by atoms with Crippen LogP contribution in [0.4, 0.5) is 8.78 Å². The summed E-state index contributed by atoms with van der Waals surface area (Å²) in [5.74, 6) is -2.68. The summed E-state index contributed by atoms with van der Waals surface area (Å²) in [7, 11) is 1.36. The van der Waals surface area contributed by atoms with Crippen LogP contribution in [0.15, 0.2) is 41.8 Å². The zero-order valence-corrected chi connectivity index (χ0v) is 16.0. The van der Waals surface area contributed by atoms with Crippen molar-refractivity contribution in [2.75, 3.05) is 7.11 Å². The van der Waals surface area contributed by atoms with E-state index in [4.69, 9.17) is 14.6 Å². The number of hydrogen-bond donors (Lipinski definition) is 1. The van der Waals surface area contributed by atoms with Crippen molar-refractivity contribution in [1.29, 1.82) is 0 Å². The Kier molecular flexibility index (Phi) is 6.18. The van der Waals surface area contributed by atoms with E-state index in [1.165, 1.54) is 36.8 Å². The molecule has 0 amide bonds. The number of thiazole rings is 1. The third kappa shape index (κ3) is 4.94. The number of hydrogen-bond acceptors (Lipinski definition) is 6. The van der Waals surface area contributed by atoms with Crippen molar-refractivity contribution in [3.05, 3.63) is 69.7 Å². The molecule has 0 aliphatic carbocycles. The first-order valence-electron chi connectivity index (χ1n) is 8.35. The fraction of sp³-hybridized carbons (Fsp3) is 0.150. The molecule has 2 aromatic carbocycles. The zero-order chi connectivity index (χ0) is 21.0. The lowest BCUT2D eigenvalue weighted by atomic mass is 10.1. The van der Waals surface area contributed by atoms with Gasteiger partial charge in [-0.15, -0.1) is 11.3 Å². The van der Waals surface area contributed by atoms with Crippen LogP contribution in [0.3, 0.4) is 0 Å². The number of aromatic carboxylic acids is 1. The van der Waals surface area contributed by atoms with Gasteiger partial charge in [0, 0.05) is 17.4 Å². The maximum Gasteiger partial charge on any atom is 0.355 e. The van der Waals surface area contributed by atoms with Crippen molar-refractivity contribution in [1.82, 2.24) is 4.98 Å². The molecule has 29 heavy (non-hydrogen) atoms. The second kappa shape index (κ2) is 8.78. The van der Waals surface area contributed by atoms with Gasteiger partial charge in [-0.05, 0) is 30.3 Å². The van der Waals surface area contributed by atoms with Gasteiger partial charge in [-0.25, -0.2) is 18.6 Å². The lowest BCUT2D eigenvalue weighted by molar-refractivity contribution is -0.117. The molecule has 0 saturated heterocycles. The van der Waals surface area contributed by atoms with Gasteiger partial charge < -0.3 is 14.6 Å². The molecule has 0 aliphatic rings. The smallest absolute Gasteiger partial charge is 0.355 e. The summed E-state index contributed by atoms with van der Waals surface area (Å²) in [6.07, 6.45) is -0.317. The SMILES string of the molecule is COc1cccc(F)c1Oc1ccc(F)cc1CC(=O)Cc1nc(C(=O)O)cs1. The molecular weight excluding hydrogens is 404 g/mol. The van der Waals surface area contributed by atoms with Gasteiger partial charge in [0.25, 0.3) is 0 Å². The van der Waals surface area contributed by atoms with Gasteiger partial charge in [0.15, 0.2) is 17.3 Å². The fourth-order valence-electron chi connectivity index (χ4n) is 2.58. The highest BCUT2D eigenvalue weighted by atomic mass is 32.1. The number of carboxylic acids is 1. The predicted octanol–water partition coefficient (Wildman–Crippen LogP) is 4.27. The van der Waals surface area contributed by atoms with E-state index in [1.807, 2.05) is 0 Å². The van der Waals surface area contributed by atoms with Crippen molar-refractivity contribution in [3.63, 3.8) is 0 Å². The van der Waals surface area contributed by atoms with E-state index in [0.717, 1.165) is 23.5 Å². The Hall–Kier alpha value is -3.33. The van der Waals surface area contributed by atoms with Gasteiger partial charge in [-0.3, -0.25) is 4.79 Å². The van der Waals surface area contributed by atoms with Crippen LogP contribution in [-0.2, 0) is 17.6 Å². The van der Waals surface area contributed by atoms with Crippen molar-refractivity contribution in [2.24, 2.45) is 0 Å². The number of ketones is 1. The largest absolute Gasteiger partial charge is 0.493 e. The molecule has 0 unspecified atom stereocenters. The van der Waals surface area contributed by atoms with Crippen LogP contribution in [0.1, 0.15) is 21.1 Å². The van der Waals surface area contributed by atoms with Crippen molar-refractivity contribution < 1.29 is 33.0 Å². The summed E-state index contributed by atoms with van der Waals surface area (Å²) in [5.41, 5.74) is 0.0783. The molecule has 9 heteroatoms. The number of Topliss-reactive ketones (excluding diaryl/α,β-unsaturated/α-hetero) is 1. The van der Waals surface area contributed by atoms with Crippen LogP contribution < -0.4 is 9.47 Å². The number of aromatic nitrogens is 1. The summed E-state index contributed by atoms with van der Waals surface area (Å²) in [4.78, 5) is 27.2. The number of nitrogens with zero attached hydrogens (tertiary/aromatic N) is 1. The summed E-state index contributed by atoms with van der Waals surface area (Å²) >= 11 is 1.05. The first-order valence-corrected chi connectivity index (χ1v) is 9.23. The number of rotatable bonds is 8. The Labute approximate surface area is 168 Å². The molecule has 0 fully saturated rings. The number of carboxylic acid groups (broad SMARTS) is 1. The zero-order valence-electron chi connectivity index (χ0n) is 15.1. The van der Waals surface area contributed by atoms with E-state index >= 15 is 0 Å². The standard InChI is InChI=1S/C20H15F2NO5S/c1-27-17-4-2-3-14(22)19(17)28-16-6-5-12(21)7-11(16)8-13(24)9-18-23-15(10-29-18)20(25)26/h2-7,10H,8-9H2,1H3,(H,25,26). The van der Waals surface area contributed by atoms with E-state index in [1.54, 1.807) is 0 Å². The van der Waals surface area contributed by atoms with Crippen molar-refractivity contribution in [3.8, 4) is 17.2 Å². The summed E-state index contributed by atoms with van der Waals surface area (Å²) in [6.45, 7) is 0. The minimum Gasteiger partial charge on any atom is -0.493 e. The first kappa shape index (κ1) is 20.4. The lowest BCUT2D eigenvalue weighted by Crippen LogP contribution is -2.08. The number of halogens is 2. The summed E-state index contributed by atoms with van der Waals surface area (Å²) < 4.78 is 38.6. The minimum atomic E-state index is -1.18. The number of carbonyl (C=O) groups is 2. The Morgan fingerprint density at radius 3 is 2.62 bits per heavy atom. The Morgan fingerprint density at radius 1 is 1.14 bits per heavy atom. The van der Waals surface area contributed by atoms with Gasteiger partial charge in [0.2, 0.25) is 5.75 Å². The molecular formula is C20H15F2NO5S. The molecule has 0 saturated carbocycles. The second-order valence-corrected chi connectivity index (χ2v) is 6.89. The normalized spacial score (nSPS) is 10.6. The molecule has 3 rings (SSSR count). The number of para-hydroxylation sites is 1. The van der Waals surface area contributed by atoms with E-state index in [9.17, 15) is 18.4 Å². The molecule has 6 nitrogen and oxygen atoms in total. The molecule has 1 aromatic heterocycles. The third-order valence-electron chi connectivity index (χ3n) is 3.89. The molecule has 0 spiro atoms. The quantitative estimate of drug-likeness (QED) is 0.587. The number of ether oxygens (including phenoxy) is 2. The number of benzene rings is 2. The molecule has 1 N–H and O–H groups in total. The van der Waals surface area contributed by atoms with E-state index < -0.39 is 17.6 Å². The van der Waals surface area contributed by atoms with E-state index in [-0.39, 0.29) is 47.1 Å².